The second-order valence-electron chi connectivity index (χ2n) is 15.2. The number of hydrogen-bond donors (Lipinski definition) is 4. The Morgan fingerprint density at radius 3 is 0.883 bits per heavy atom. The highest BCUT2D eigenvalue weighted by molar-refractivity contribution is 6.00. The van der Waals surface area contributed by atoms with E-state index in [0.29, 0.717) is 11.4 Å². The minimum absolute atomic E-state index is 0.179. The molecule has 4 N–H and O–H groups in total. The van der Waals surface area contributed by atoms with E-state index in [1.807, 2.05) is 52.5 Å². The van der Waals surface area contributed by atoms with Crippen LogP contribution in [-0.4, -0.2) is 70.3 Å². The van der Waals surface area contributed by atoms with Crippen molar-refractivity contribution in [3.8, 4) is 44.5 Å². The number of aromatic amines is 2. The van der Waals surface area contributed by atoms with E-state index in [-0.39, 0.29) is 11.1 Å². The fourth-order valence-corrected chi connectivity index (χ4v) is 7.83. The summed E-state index contributed by atoms with van der Waals surface area (Å²) in [6.07, 6.45) is 8.04. The molecule has 3 aromatic heterocycles. The van der Waals surface area contributed by atoms with E-state index >= 15 is 0 Å². The van der Waals surface area contributed by atoms with Gasteiger partial charge in [0.05, 0.1) is 33.9 Å². The number of benzene rings is 4. The number of H-pyrrole nitrogens is 2. The van der Waals surface area contributed by atoms with E-state index in [2.05, 4.69) is 92.6 Å². The van der Waals surface area contributed by atoms with Gasteiger partial charge in [-0.2, -0.15) is 0 Å². The predicted molar refractivity (Wildman–Crippen MR) is 243 cm³/mol. The van der Waals surface area contributed by atoms with Crippen LogP contribution in [0.15, 0.2) is 121 Å². The van der Waals surface area contributed by atoms with E-state index in [4.69, 9.17) is 9.97 Å². The first kappa shape index (κ1) is 37.6. The molecule has 10 heteroatoms. The van der Waals surface area contributed by atoms with Gasteiger partial charge in [-0.15, -0.1) is 0 Å². The fraction of sp³-hybridized carbons (Fsp3) is 0.0800. The first-order valence-electron chi connectivity index (χ1n) is 19.4. The molecule has 2 aliphatic rings. The molecule has 0 amide bonds. The van der Waals surface area contributed by atoms with E-state index in [0.717, 1.165) is 89.3 Å². The Morgan fingerprint density at radius 2 is 0.650 bits per heavy atom. The summed E-state index contributed by atoms with van der Waals surface area (Å²) in [4.78, 5) is 46.0. The third-order valence-electron chi connectivity index (χ3n) is 10.9. The van der Waals surface area contributed by atoms with Gasteiger partial charge in [-0.05, 0) is 119 Å². The Hall–Kier alpha value is -7.98. The van der Waals surface area contributed by atoms with Gasteiger partial charge in [-0.25, -0.2) is 19.6 Å². The van der Waals surface area contributed by atoms with Gasteiger partial charge in [-0.3, -0.25) is 0 Å². The third-order valence-corrected chi connectivity index (χ3v) is 10.9. The lowest BCUT2D eigenvalue weighted by Gasteiger charge is -2.13. The molecule has 5 heterocycles. The number of aromatic carboxylic acids is 2. The summed E-state index contributed by atoms with van der Waals surface area (Å²) in [7, 11) is 8.07. The largest absolute Gasteiger partial charge is 0.478 e. The van der Waals surface area contributed by atoms with E-state index < -0.39 is 11.9 Å². The lowest BCUT2D eigenvalue weighted by molar-refractivity contribution is 0.0686. The van der Waals surface area contributed by atoms with Gasteiger partial charge >= 0.3 is 11.9 Å². The highest BCUT2D eigenvalue weighted by atomic mass is 16.4. The number of carboxylic acids is 2. The number of nitrogens with zero attached hydrogens (tertiary/aromatic N) is 4. The molecule has 9 rings (SSSR count). The lowest BCUT2D eigenvalue weighted by Crippen LogP contribution is -2.07. The molecule has 0 unspecified atom stereocenters. The van der Waals surface area contributed by atoms with Crippen molar-refractivity contribution in [1.82, 2.24) is 19.9 Å². The van der Waals surface area contributed by atoms with Crippen LogP contribution < -0.4 is 9.80 Å². The summed E-state index contributed by atoms with van der Waals surface area (Å²) in [5.41, 5.74) is 15.5. The second kappa shape index (κ2) is 15.1. The quantitative estimate of drug-likeness (QED) is 0.119. The van der Waals surface area contributed by atoms with E-state index in [1.54, 1.807) is 48.5 Å². The highest BCUT2D eigenvalue weighted by Crippen LogP contribution is 2.39. The van der Waals surface area contributed by atoms with Gasteiger partial charge in [0.15, 0.2) is 0 Å². The van der Waals surface area contributed by atoms with Gasteiger partial charge < -0.3 is 30.0 Å². The molecular weight excluding hydrogens is 749 g/mol. The molecule has 294 valence electrons. The summed E-state index contributed by atoms with van der Waals surface area (Å²) in [6, 6.07) is 38.6. The van der Waals surface area contributed by atoms with Crippen LogP contribution in [0.4, 0.5) is 11.4 Å². The molecule has 7 aromatic rings. The van der Waals surface area contributed by atoms with Crippen molar-refractivity contribution in [2.75, 3.05) is 38.0 Å². The minimum Gasteiger partial charge on any atom is -0.478 e. The van der Waals surface area contributed by atoms with Crippen LogP contribution in [0, 0.1) is 0 Å². The Kier molecular flexibility index (Phi) is 9.44. The van der Waals surface area contributed by atoms with Crippen molar-refractivity contribution >= 4 is 69.7 Å². The lowest BCUT2D eigenvalue weighted by atomic mass is 10.0. The fourth-order valence-electron chi connectivity index (χ4n) is 7.83. The maximum absolute atomic E-state index is 11.9. The summed E-state index contributed by atoms with van der Waals surface area (Å²) >= 11 is 0. The summed E-state index contributed by atoms with van der Waals surface area (Å²) in [5.74, 6) is -2.02. The number of aromatic nitrogens is 4. The number of fused-ring (bicyclic) bond motifs is 8. The van der Waals surface area contributed by atoms with Gasteiger partial charge in [0.1, 0.15) is 0 Å². The molecule has 0 atom stereocenters. The van der Waals surface area contributed by atoms with Crippen molar-refractivity contribution in [3.05, 3.63) is 155 Å². The Balaban J connectivity index is 1.43. The van der Waals surface area contributed by atoms with Gasteiger partial charge in [0, 0.05) is 83.9 Å². The molecule has 8 bridgehead atoms. The van der Waals surface area contributed by atoms with E-state index in [9.17, 15) is 19.8 Å². The predicted octanol–water partition coefficient (Wildman–Crippen LogP) is 10.9. The molecule has 0 spiro atoms. The van der Waals surface area contributed by atoms with Crippen LogP contribution >= 0.6 is 0 Å². The van der Waals surface area contributed by atoms with Gasteiger partial charge in [-0.1, -0.05) is 48.5 Å². The van der Waals surface area contributed by atoms with Crippen LogP contribution in [-0.2, 0) is 0 Å². The number of anilines is 2. The highest BCUT2D eigenvalue weighted by Gasteiger charge is 2.20. The summed E-state index contributed by atoms with van der Waals surface area (Å²) in [5, 5.41) is 19.5. The molecule has 0 fully saturated rings. The minimum atomic E-state index is -1.01. The first-order chi connectivity index (χ1) is 29.0. The average Bonchev–Trinajstić information content (AvgIpc) is 4.10. The van der Waals surface area contributed by atoms with E-state index in [1.165, 1.54) is 0 Å². The summed E-state index contributed by atoms with van der Waals surface area (Å²) < 4.78 is 0. The molecule has 2 aliphatic heterocycles. The monoisotopic (exact) mass is 788 g/mol. The molecule has 10 nitrogen and oxygen atoms in total. The van der Waals surface area contributed by atoms with Gasteiger partial charge in [0.25, 0.3) is 0 Å². The molecule has 60 heavy (non-hydrogen) atoms. The number of hydrogen-bond acceptors (Lipinski definition) is 6. The van der Waals surface area contributed by atoms with Crippen LogP contribution in [0.2, 0.25) is 0 Å². The van der Waals surface area contributed by atoms with Crippen LogP contribution in [0.3, 0.4) is 0 Å². The maximum atomic E-state index is 11.9. The molecule has 0 radical (unpaired) electrons. The Labute approximate surface area is 346 Å². The smallest absolute Gasteiger partial charge is 0.335 e. The normalized spacial score (nSPS) is 11.8. The van der Waals surface area contributed by atoms with Crippen molar-refractivity contribution < 1.29 is 19.8 Å². The van der Waals surface area contributed by atoms with Crippen molar-refractivity contribution in [1.29, 1.82) is 0 Å². The zero-order valence-corrected chi connectivity index (χ0v) is 33.4. The number of rotatable bonds is 8. The van der Waals surface area contributed by atoms with Crippen LogP contribution in [0.5, 0.6) is 0 Å². The zero-order valence-electron chi connectivity index (χ0n) is 33.4. The second-order valence-corrected chi connectivity index (χ2v) is 15.2. The number of carbonyl (C=O) groups is 2. The topological polar surface area (TPSA) is 138 Å². The average molecular weight is 789 g/mol. The summed E-state index contributed by atoms with van der Waals surface area (Å²) in [6.45, 7) is 0. The maximum Gasteiger partial charge on any atom is 0.335 e. The van der Waals surface area contributed by atoms with Crippen LogP contribution in [0.1, 0.15) is 43.5 Å². The molecule has 0 saturated heterocycles. The molecule has 4 aromatic carbocycles. The van der Waals surface area contributed by atoms with Crippen molar-refractivity contribution in [2.24, 2.45) is 0 Å². The Bertz CT molecular complexity index is 2860. The molecule has 0 saturated carbocycles. The standard InChI is InChI=1S/C50H40N6O4/c1-55(2)35-17-13-31(14-18-35)47-41-25-23-39(52-41)45(29-5-9-33(10-6-29)49(57)58)37-21-22-38(51-37)46(30-7-11-34(12-8-30)50(59)60)40-24-26-42(53-40)48(44-28-27-43(47)54-44)32-15-19-36(20-16-32)56(3)4/h5-28,52-53H,1-4H3,(H,57,58)(H,59,60). The number of nitrogens with one attached hydrogen (secondary N) is 2. The van der Waals surface area contributed by atoms with Gasteiger partial charge in [0.2, 0.25) is 0 Å². The zero-order chi connectivity index (χ0) is 41.7. The Morgan fingerprint density at radius 1 is 0.400 bits per heavy atom. The SMILES string of the molecule is CN(C)c1ccc(-c2c3nc(c(-c4ccc(N(C)C)cc4)c4ccc([nH]4)c(-c4ccc(C(=O)O)cc4)c4nc(c(-c5ccc(C(=O)O)cc5)c5ccc2[nH]5)C=C4)C=C3)cc1. The number of carboxylic acid groups (broad SMARTS) is 2. The molecular formula is C50H40N6O4. The first-order valence-corrected chi connectivity index (χ1v) is 19.4. The van der Waals surface area contributed by atoms with Crippen molar-refractivity contribution in [3.63, 3.8) is 0 Å². The molecule has 0 aliphatic carbocycles. The van der Waals surface area contributed by atoms with Crippen LogP contribution in [0.25, 0.3) is 90.9 Å². The van der Waals surface area contributed by atoms with Crippen molar-refractivity contribution in [2.45, 2.75) is 0 Å². The third kappa shape index (κ3) is 6.90.